The van der Waals surface area contributed by atoms with E-state index in [9.17, 15) is 37.6 Å². The van der Waals surface area contributed by atoms with Crippen LogP contribution in [-0.2, 0) is 37.1 Å². The van der Waals surface area contributed by atoms with E-state index >= 15 is 0 Å². The number of likely N-dealkylation sites (tertiary alicyclic amines) is 1. The Hall–Kier alpha value is -5.16. The molecule has 3 aliphatic heterocycles. The molecule has 1 unspecified atom stereocenters. The van der Waals surface area contributed by atoms with Gasteiger partial charge in [0.05, 0.1) is 66.1 Å². The minimum absolute atomic E-state index is 0.00486. The van der Waals surface area contributed by atoms with E-state index in [1.807, 2.05) is 11.0 Å². The number of fused-ring (bicyclic) bond motifs is 1. The molecule has 5 amide bonds. The number of nitrogens with one attached hydrogen (secondary N) is 2. The molecule has 1 aromatic heterocycles. The molecule has 0 spiro atoms. The maximum absolute atomic E-state index is 13.7. The number of aromatic nitrogens is 2. The van der Waals surface area contributed by atoms with Crippen LogP contribution in [0.15, 0.2) is 36.4 Å². The molecule has 3 aromatic rings. The number of para-hydroxylation sites is 1. The van der Waals surface area contributed by atoms with Gasteiger partial charge < -0.3 is 19.7 Å². The van der Waals surface area contributed by atoms with Crippen molar-refractivity contribution < 1.29 is 41.8 Å². The second kappa shape index (κ2) is 17.3. The first-order valence-electron chi connectivity index (χ1n) is 20.5. The molecule has 7 rings (SSSR count). The van der Waals surface area contributed by atoms with Crippen molar-refractivity contribution in [2.75, 3.05) is 41.4 Å². The fourth-order valence-corrected chi connectivity index (χ4v) is 9.87. The SMILES string of the molecule is C[C@@H]1CC(OCCOC2CCC(N3C(=S)N(c4ccc(C#N)c(C(F)(F)F)c4)C(=O)C3(C)C)CC2)C[C@H](C)N1CC(=O)Nc1cccc2c(N3CCC(=O)NC3=O)nn(C)c12. The number of amides is 5. The van der Waals surface area contributed by atoms with Gasteiger partial charge in [0, 0.05) is 43.5 Å². The minimum Gasteiger partial charge on any atom is -0.376 e. The lowest BCUT2D eigenvalue weighted by Crippen LogP contribution is -2.51. The first-order chi connectivity index (χ1) is 28.9. The maximum atomic E-state index is 13.7. The Labute approximate surface area is 357 Å². The maximum Gasteiger partial charge on any atom is 0.417 e. The van der Waals surface area contributed by atoms with Crippen molar-refractivity contribution in [2.45, 2.75) is 115 Å². The average Bonchev–Trinajstić information content (AvgIpc) is 3.62. The number of imide groups is 1. The van der Waals surface area contributed by atoms with Crippen LogP contribution in [0.5, 0.6) is 0 Å². The number of hydrogen-bond donors (Lipinski definition) is 2. The molecule has 0 bridgehead atoms. The molecular weight excluding hydrogens is 816 g/mol. The van der Waals surface area contributed by atoms with Crippen molar-refractivity contribution in [1.82, 2.24) is 24.9 Å². The van der Waals surface area contributed by atoms with E-state index in [0.717, 1.165) is 29.9 Å². The highest BCUT2D eigenvalue weighted by Crippen LogP contribution is 2.41. The number of nitrogens with zero attached hydrogens (tertiary/aromatic N) is 7. The highest BCUT2D eigenvalue weighted by molar-refractivity contribution is 7.80. The fraction of sp³-hybridized carbons (Fsp3) is 0.548. The predicted molar refractivity (Wildman–Crippen MR) is 224 cm³/mol. The van der Waals surface area contributed by atoms with Crippen molar-refractivity contribution in [3.8, 4) is 6.07 Å². The fourth-order valence-electron chi connectivity index (χ4n) is 9.30. The second-order valence-electron chi connectivity index (χ2n) is 16.8. The monoisotopic (exact) mass is 865 g/mol. The Morgan fingerprint density at radius 2 is 1.70 bits per heavy atom. The highest BCUT2D eigenvalue weighted by atomic mass is 32.1. The molecule has 19 heteroatoms. The first kappa shape index (κ1) is 43.9. The lowest BCUT2D eigenvalue weighted by atomic mass is 9.89. The number of urea groups is 1. The van der Waals surface area contributed by atoms with E-state index in [0.29, 0.717) is 61.3 Å². The number of halogens is 3. The number of nitriles is 1. The molecule has 3 atom stereocenters. The molecular formula is C42H50F3N9O6S. The Balaban J connectivity index is 0.861. The van der Waals surface area contributed by atoms with Gasteiger partial charge >= 0.3 is 12.2 Å². The van der Waals surface area contributed by atoms with Crippen LogP contribution in [0.4, 0.5) is 35.2 Å². The van der Waals surface area contributed by atoms with Crippen molar-refractivity contribution in [3.05, 3.63) is 47.5 Å². The summed E-state index contributed by atoms with van der Waals surface area (Å²) in [6, 6.07) is 9.70. The summed E-state index contributed by atoms with van der Waals surface area (Å²) < 4.78 is 55.4. The van der Waals surface area contributed by atoms with E-state index in [4.69, 9.17) is 21.7 Å². The standard InChI is InChI=1S/C42H50F3N9O6S/c1-24-19-30(20-25(2)52(24)23-35(56)47-33-8-6-7-31-36(33)50(5)49-37(31)51-16-15-34(55)48-39(51)58)60-18-17-59-29-13-11-27(12-14-29)54-40(61)53(38(57)41(54,3)4)28-10-9-26(22-46)32(21-28)42(43,44)45/h6-10,21,24-25,27,29-30H,11-20,23H2,1-5H3,(H,47,56)(H,48,55,58)/t24-,25+,27?,29?,30?. The third kappa shape index (κ3) is 8.81. The third-order valence-corrected chi connectivity index (χ3v) is 12.7. The summed E-state index contributed by atoms with van der Waals surface area (Å²) in [6.07, 6.45) is -0.357. The van der Waals surface area contributed by atoms with Crippen molar-refractivity contribution in [3.63, 3.8) is 0 Å². The molecule has 3 saturated heterocycles. The molecule has 4 aliphatic rings. The van der Waals surface area contributed by atoms with Gasteiger partial charge in [0.25, 0.3) is 5.91 Å². The molecule has 1 aliphatic carbocycles. The zero-order valence-corrected chi connectivity index (χ0v) is 35.6. The van der Waals surface area contributed by atoms with Crippen LogP contribution in [0.2, 0.25) is 0 Å². The molecule has 0 radical (unpaired) electrons. The smallest absolute Gasteiger partial charge is 0.376 e. The zero-order valence-electron chi connectivity index (χ0n) is 34.8. The second-order valence-corrected chi connectivity index (χ2v) is 17.1. The van der Waals surface area contributed by atoms with Crippen LogP contribution < -0.4 is 20.4 Å². The van der Waals surface area contributed by atoms with Crippen LogP contribution >= 0.6 is 12.2 Å². The Morgan fingerprint density at radius 3 is 2.34 bits per heavy atom. The summed E-state index contributed by atoms with van der Waals surface area (Å²) in [7, 11) is 1.74. The summed E-state index contributed by atoms with van der Waals surface area (Å²) in [5, 5.41) is 20.0. The van der Waals surface area contributed by atoms with E-state index < -0.39 is 34.8 Å². The largest absolute Gasteiger partial charge is 0.417 e. The lowest BCUT2D eigenvalue weighted by molar-refractivity contribution is -0.137. The number of carbonyl (C=O) groups excluding carboxylic acids is 4. The van der Waals surface area contributed by atoms with Crippen LogP contribution in [-0.4, -0.2) is 111 Å². The lowest BCUT2D eigenvalue weighted by Gasteiger charge is -2.42. The normalized spacial score (nSPS) is 25.0. The molecule has 2 N–H and O–H groups in total. The Kier molecular flexibility index (Phi) is 12.5. The number of alkyl halides is 3. The molecule has 4 fully saturated rings. The number of rotatable bonds is 11. The van der Waals surface area contributed by atoms with E-state index in [1.54, 1.807) is 43.8 Å². The third-order valence-electron chi connectivity index (χ3n) is 12.3. The number of piperidine rings is 1. The molecule has 4 heterocycles. The van der Waals surface area contributed by atoms with Crippen molar-refractivity contribution in [1.29, 1.82) is 5.26 Å². The number of carbonyl (C=O) groups is 4. The summed E-state index contributed by atoms with van der Waals surface area (Å²) in [5.74, 6) is -0.521. The number of hydrogen-bond acceptors (Lipinski definition) is 10. The number of aryl methyl sites for hydroxylation is 1. The first-order valence-corrected chi connectivity index (χ1v) is 20.9. The van der Waals surface area contributed by atoms with E-state index in [-0.39, 0.29) is 72.5 Å². The Bertz CT molecular complexity index is 2260. The number of anilines is 3. The van der Waals surface area contributed by atoms with Gasteiger partial charge in [-0.3, -0.25) is 39.1 Å². The van der Waals surface area contributed by atoms with Gasteiger partial charge in [-0.1, -0.05) is 6.07 Å². The van der Waals surface area contributed by atoms with Gasteiger partial charge in [0.1, 0.15) is 5.54 Å². The van der Waals surface area contributed by atoms with Gasteiger partial charge in [-0.2, -0.15) is 23.5 Å². The van der Waals surface area contributed by atoms with Gasteiger partial charge in [-0.15, -0.1) is 0 Å². The number of ether oxygens (including phenoxy) is 2. The van der Waals surface area contributed by atoms with Crippen LogP contribution in [0, 0.1) is 11.3 Å². The van der Waals surface area contributed by atoms with Crippen LogP contribution in [0.25, 0.3) is 10.9 Å². The van der Waals surface area contributed by atoms with Crippen molar-refractivity contribution >= 4 is 69.2 Å². The topological polar surface area (TPSA) is 165 Å². The molecule has 326 valence electrons. The molecule has 2 aromatic carbocycles. The average molecular weight is 866 g/mol. The van der Waals surface area contributed by atoms with E-state index in [1.165, 1.54) is 11.0 Å². The van der Waals surface area contributed by atoms with Gasteiger partial charge in [-0.25, -0.2) is 4.79 Å². The van der Waals surface area contributed by atoms with E-state index in [2.05, 4.69) is 34.5 Å². The van der Waals surface area contributed by atoms with Crippen molar-refractivity contribution in [2.24, 2.45) is 7.05 Å². The van der Waals surface area contributed by atoms with Gasteiger partial charge in [0.2, 0.25) is 11.8 Å². The summed E-state index contributed by atoms with van der Waals surface area (Å²) in [4.78, 5) is 57.9. The van der Waals surface area contributed by atoms with Gasteiger partial charge in [0.15, 0.2) is 10.9 Å². The predicted octanol–water partition coefficient (Wildman–Crippen LogP) is 5.85. The zero-order chi connectivity index (χ0) is 44.0. The Morgan fingerprint density at radius 1 is 1.03 bits per heavy atom. The van der Waals surface area contributed by atoms with Gasteiger partial charge in [-0.05, 0) is 109 Å². The number of benzene rings is 2. The summed E-state index contributed by atoms with van der Waals surface area (Å²) >= 11 is 5.73. The highest BCUT2D eigenvalue weighted by Gasteiger charge is 2.52. The summed E-state index contributed by atoms with van der Waals surface area (Å²) in [5.41, 5.74) is -1.51. The van der Waals surface area contributed by atoms with Crippen LogP contribution in [0.3, 0.4) is 0 Å². The molecule has 15 nitrogen and oxygen atoms in total. The minimum atomic E-state index is -4.77. The summed E-state index contributed by atoms with van der Waals surface area (Å²) in [6.45, 7) is 8.83. The quantitative estimate of drug-likeness (QED) is 0.176. The molecule has 61 heavy (non-hydrogen) atoms. The van der Waals surface area contributed by atoms with Crippen LogP contribution in [0.1, 0.15) is 83.8 Å². The molecule has 1 saturated carbocycles. The number of thiocarbonyl (C=S) groups is 1.